The second kappa shape index (κ2) is 9.58. The van der Waals surface area contributed by atoms with Gasteiger partial charge in [0, 0.05) is 39.7 Å². The van der Waals surface area contributed by atoms with Gasteiger partial charge in [0.15, 0.2) is 0 Å². The maximum atomic E-state index is 13.0. The first-order valence-electron chi connectivity index (χ1n) is 11.6. The third-order valence-electron chi connectivity index (χ3n) is 6.18. The van der Waals surface area contributed by atoms with E-state index in [1.807, 2.05) is 80.6 Å². The molecule has 2 heterocycles. The van der Waals surface area contributed by atoms with Crippen molar-refractivity contribution in [3.63, 3.8) is 0 Å². The van der Waals surface area contributed by atoms with Crippen LogP contribution < -0.4 is 14.8 Å². The Labute approximate surface area is 209 Å². The molecular weight excluding hydrogens is 452 g/mol. The summed E-state index contributed by atoms with van der Waals surface area (Å²) in [7, 11) is 3.25. The molecule has 0 unspecified atom stereocenters. The Morgan fingerprint density at radius 3 is 2.61 bits per heavy atom. The van der Waals surface area contributed by atoms with Gasteiger partial charge < -0.3 is 19.2 Å². The van der Waals surface area contributed by atoms with E-state index in [2.05, 4.69) is 10.3 Å². The molecule has 180 valence electrons. The average molecular weight is 479 g/mol. The lowest BCUT2D eigenvalue weighted by molar-refractivity contribution is -0.111. The molecule has 0 aliphatic rings. The Morgan fingerprint density at radius 2 is 1.81 bits per heavy atom. The van der Waals surface area contributed by atoms with Crippen molar-refractivity contribution in [2.75, 3.05) is 19.5 Å². The highest BCUT2D eigenvalue weighted by atomic mass is 16.5. The first-order valence-corrected chi connectivity index (χ1v) is 11.6. The summed E-state index contributed by atoms with van der Waals surface area (Å²) >= 11 is 0. The molecular formula is C30H26N2O4. The van der Waals surface area contributed by atoms with Crippen molar-refractivity contribution < 1.29 is 18.7 Å². The molecule has 0 saturated carbocycles. The van der Waals surface area contributed by atoms with Crippen LogP contribution in [0.15, 0.2) is 83.5 Å². The van der Waals surface area contributed by atoms with E-state index in [4.69, 9.17) is 13.9 Å². The highest BCUT2D eigenvalue weighted by molar-refractivity contribution is 6.09. The topological polar surface area (TPSA) is 73.6 Å². The van der Waals surface area contributed by atoms with E-state index < -0.39 is 0 Å². The van der Waals surface area contributed by atoms with Crippen LogP contribution in [0.3, 0.4) is 0 Å². The molecule has 6 heteroatoms. The Hall–Kier alpha value is -4.58. The minimum atomic E-state index is -0.233. The van der Waals surface area contributed by atoms with Crippen LogP contribution >= 0.6 is 0 Å². The fourth-order valence-electron chi connectivity index (χ4n) is 4.36. The number of aryl methyl sites for hydroxylation is 1. The van der Waals surface area contributed by atoms with Gasteiger partial charge in [0.2, 0.25) is 5.91 Å². The number of allylic oxidation sites excluding steroid dienone is 1. The van der Waals surface area contributed by atoms with Crippen LogP contribution in [0.25, 0.3) is 38.6 Å². The van der Waals surface area contributed by atoms with Crippen molar-refractivity contribution in [3.8, 4) is 22.6 Å². The fourth-order valence-corrected chi connectivity index (χ4v) is 4.36. The number of nitrogens with zero attached hydrogens (tertiary/aromatic N) is 1. The number of furan rings is 1. The number of amides is 1. The minimum Gasteiger partial charge on any atom is -0.497 e. The van der Waals surface area contributed by atoms with Crippen molar-refractivity contribution >= 4 is 39.0 Å². The molecule has 5 rings (SSSR count). The van der Waals surface area contributed by atoms with Gasteiger partial charge >= 0.3 is 0 Å². The Kier molecular flexibility index (Phi) is 6.17. The number of hydrogen-bond donors (Lipinski definition) is 1. The molecule has 1 N–H and O–H groups in total. The SMILES string of the molecule is COc1cccc(-c2coc3cc(OC)c(/C(C)=C/C(=O)Nc4cccc5nc(C)ccc45)cc23)c1. The number of fused-ring (bicyclic) bond motifs is 2. The zero-order valence-corrected chi connectivity index (χ0v) is 20.6. The van der Waals surface area contributed by atoms with E-state index in [-0.39, 0.29) is 5.91 Å². The lowest BCUT2D eigenvalue weighted by Gasteiger charge is -2.11. The predicted octanol–water partition coefficient (Wildman–Crippen LogP) is 7.02. The van der Waals surface area contributed by atoms with Crippen LogP contribution in [0, 0.1) is 6.92 Å². The molecule has 3 aromatic carbocycles. The van der Waals surface area contributed by atoms with E-state index in [0.717, 1.165) is 50.0 Å². The Balaban J connectivity index is 1.51. The number of pyridine rings is 1. The van der Waals surface area contributed by atoms with Gasteiger partial charge in [-0.1, -0.05) is 18.2 Å². The van der Waals surface area contributed by atoms with Gasteiger partial charge in [0.1, 0.15) is 17.1 Å². The molecule has 6 nitrogen and oxygen atoms in total. The summed E-state index contributed by atoms with van der Waals surface area (Å²) in [6.45, 7) is 3.84. The van der Waals surface area contributed by atoms with Crippen LogP contribution in [0.4, 0.5) is 5.69 Å². The van der Waals surface area contributed by atoms with Crippen LogP contribution in [0.1, 0.15) is 18.2 Å². The fraction of sp³-hybridized carbons (Fsp3) is 0.133. The number of aromatic nitrogens is 1. The van der Waals surface area contributed by atoms with Crippen LogP contribution in [0.2, 0.25) is 0 Å². The number of methoxy groups -OCH3 is 2. The normalized spacial score (nSPS) is 11.6. The lowest BCUT2D eigenvalue weighted by atomic mass is 9.99. The number of carbonyl (C=O) groups excluding carboxylic acids is 1. The van der Waals surface area contributed by atoms with Gasteiger partial charge in [-0.05, 0) is 67.4 Å². The molecule has 0 bridgehead atoms. The van der Waals surface area contributed by atoms with E-state index in [1.165, 1.54) is 0 Å². The molecule has 0 aliphatic carbocycles. The molecule has 2 aromatic heterocycles. The smallest absolute Gasteiger partial charge is 0.248 e. The number of rotatable bonds is 6. The highest BCUT2D eigenvalue weighted by Gasteiger charge is 2.16. The van der Waals surface area contributed by atoms with Crippen molar-refractivity contribution in [2.45, 2.75) is 13.8 Å². The van der Waals surface area contributed by atoms with E-state index in [1.54, 1.807) is 26.6 Å². The van der Waals surface area contributed by atoms with Crippen LogP contribution in [0.5, 0.6) is 11.5 Å². The van der Waals surface area contributed by atoms with Gasteiger partial charge in [0.05, 0.1) is 31.7 Å². The summed E-state index contributed by atoms with van der Waals surface area (Å²) in [5.74, 6) is 1.16. The maximum Gasteiger partial charge on any atom is 0.248 e. The second-order valence-corrected chi connectivity index (χ2v) is 8.57. The molecule has 5 aromatic rings. The summed E-state index contributed by atoms with van der Waals surface area (Å²) < 4.78 is 16.9. The molecule has 0 spiro atoms. The predicted molar refractivity (Wildman–Crippen MR) is 144 cm³/mol. The first-order chi connectivity index (χ1) is 17.5. The first kappa shape index (κ1) is 23.2. The number of hydrogen-bond acceptors (Lipinski definition) is 5. The molecule has 0 fully saturated rings. The molecule has 0 saturated heterocycles. The van der Waals surface area contributed by atoms with Gasteiger partial charge in [-0.2, -0.15) is 0 Å². The number of ether oxygens (including phenoxy) is 2. The Morgan fingerprint density at radius 1 is 0.972 bits per heavy atom. The minimum absolute atomic E-state index is 0.233. The quantitative estimate of drug-likeness (QED) is 0.266. The number of benzene rings is 3. The van der Waals surface area contributed by atoms with Gasteiger partial charge in [-0.25, -0.2) is 0 Å². The third-order valence-corrected chi connectivity index (χ3v) is 6.18. The molecule has 0 atom stereocenters. The Bertz CT molecular complexity index is 1630. The van der Waals surface area contributed by atoms with Gasteiger partial charge in [-0.3, -0.25) is 9.78 Å². The summed E-state index contributed by atoms with van der Waals surface area (Å²) in [4.78, 5) is 17.5. The van der Waals surface area contributed by atoms with E-state index in [9.17, 15) is 4.79 Å². The molecule has 0 aliphatic heterocycles. The van der Waals surface area contributed by atoms with E-state index >= 15 is 0 Å². The number of nitrogens with one attached hydrogen (secondary N) is 1. The zero-order chi connectivity index (χ0) is 25.2. The van der Waals surface area contributed by atoms with Crippen molar-refractivity contribution in [1.29, 1.82) is 0 Å². The summed E-state index contributed by atoms with van der Waals surface area (Å²) in [6, 6.07) is 21.3. The zero-order valence-electron chi connectivity index (χ0n) is 20.6. The summed E-state index contributed by atoms with van der Waals surface area (Å²) in [5.41, 5.74) is 6.66. The maximum absolute atomic E-state index is 13.0. The standard InChI is InChI=1S/C30H26N2O4/c1-18(13-30(33)32-27-10-6-9-26-22(27)12-11-19(2)31-26)23-15-24-25(17-36-29(24)16-28(23)35-4)20-7-5-8-21(14-20)34-3/h5-17H,1-4H3,(H,32,33)/b18-13+. The molecule has 36 heavy (non-hydrogen) atoms. The molecule has 0 radical (unpaired) electrons. The lowest BCUT2D eigenvalue weighted by Crippen LogP contribution is -2.09. The van der Waals surface area contributed by atoms with Crippen LogP contribution in [-0.2, 0) is 4.79 Å². The number of carbonyl (C=O) groups is 1. The van der Waals surface area contributed by atoms with E-state index in [0.29, 0.717) is 17.0 Å². The summed E-state index contributed by atoms with van der Waals surface area (Å²) in [6.07, 6.45) is 3.31. The third kappa shape index (κ3) is 4.41. The van der Waals surface area contributed by atoms with Crippen molar-refractivity contribution in [2.24, 2.45) is 0 Å². The van der Waals surface area contributed by atoms with Crippen LogP contribution in [-0.4, -0.2) is 25.1 Å². The van der Waals surface area contributed by atoms with Crippen molar-refractivity contribution in [3.05, 3.63) is 90.3 Å². The van der Waals surface area contributed by atoms with Gasteiger partial charge in [0.25, 0.3) is 0 Å². The highest BCUT2D eigenvalue weighted by Crippen LogP contribution is 2.38. The van der Waals surface area contributed by atoms with Crippen molar-refractivity contribution in [1.82, 2.24) is 4.98 Å². The summed E-state index contributed by atoms with van der Waals surface area (Å²) in [5, 5.41) is 4.81. The number of anilines is 1. The van der Waals surface area contributed by atoms with Gasteiger partial charge in [-0.15, -0.1) is 0 Å². The second-order valence-electron chi connectivity index (χ2n) is 8.57. The molecule has 1 amide bonds. The largest absolute Gasteiger partial charge is 0.497 e. The monoisotopic (exact) mass is 478 g/mol. The average Bonchev–Trinajstić information content (AvgIpc) is 3.30.